The number of likely N-dealkylation sites (tertiary alicyclic amines) is 1. The molecular formula is C17H32N6O2. The van der Waals surface area contributed by atoms with Crippen molar-refractivity contribution in [3.8, 4) is 0 Å². The van der Waals surface area contributed by atoms with E-state index in [4.69, 9.17) is 0 Å². The second-order valence-corrected chi connectivity index (χ2v) is 7.42. The highest BCUT2D eigenvalue weighted by Crippen LogP contribution is 2.30. The number of guanidine groups is 1. The number of piperidine rings is 1. The lowest BCUT2D eigenvalue weighted by molar-refractivity contribution is -0.125. The van der Waals surface area contributed by atoms with Crippen molar-refractivity contribution < 1.29 is 9.59 Å². The van der Waals surface area contributed by atoms with Crippen molar-refractivity contribution >= 4 is 17.9 Å². The van der Waals surface area contributed by atoms with Crippen LogP contribution in [0.3, 0.4) is 0 Å². The summed E-state index contributed by atoms with van der Waals surface area (Å²) < 4.78 is 0. The summed E-state index contributed by atoms with van der Waals surface area (Å²) in [5.41, 5.74) is -0.792. The van der Waals surface area contributed by atoms with Gasteiger partial charge in [-0.1, -0.05) is 0 Å². The van der Waals surface area contributed by atoms with Crippen LogP contribution >= 0.6 is 0 Å². The molecule has 2 saturated heterocycles. The second kappa shape index (κ2) is 8.03. The van der Waals surface area contributed by atoms with Crippen LogP contribution in [-0.4, -0.2) is 79.6 Å². The van der Waals surface area contributed by atoms with Crippen molar-refractivity contribution in [3.05, 3.63) is 0 Å². The van der Waals surface area contributed by atoms with Crippen LogP contribution in [0.25, 0.3) is 0 Å². The van der Waals surface area contributed by atoms with E-state index in [0.717, 1.165) is 45.0 Å². The van der Waals surface area contributed by atoms with Gasteiger partial charge in [-0.25, -0.2) is 4.79 Å². The Hall–Kier alpha value is -1.83. The Morgan fingerprint density at radius 1 is 1.40 bits per heavy atom. The molecule has 25 heavy (non-hydrogen) atoms. The number of hydrogen-bond acceptors (Lipinski definition) is 4. The number of aliphatic imine (C=N–C) groups is 1. The molecule has 0 aromatic carbocycles. The Morgan fingerprint density at radius 2 is 2.04 bits per heavy atom. The van der Waals surface area contributed by atoms with E-state index in [0.29, 0.717) is 6.04 Å². The molecule has 0 aliphatic carbocycles. The number of carbonyl (C=O) groups is 2. The predicted molar refractivity (Wildman–Crippen MR) is 98.5 cm³/mol. The van der Waals surface area contributed by atoms with Crippen molar-refractivity contribution in [2.45, 2.75) is 45.2 Å². The van der Waals surface area contributed by atoms with Gasteiger partial charge in [0.25, 0.3) is 5.91 Å². The first-order chi connectivity index (χ1) is 11.8. The van der Waals surface area contributed by atoms with Crippen LogP contribution in [0.2, 0.25) is 0 Å². The third-order valence-corrected chi connectivity index (χ3v) is 5.52. The number of nitrogens with one attached hydrogen (secondary N) is 3. The molecule has 0 aromatic heterocycles. The highest BCUT2D eigenvalue weighted by atomic mass is 16.2. The van der Waals surface area contributed by atoms with E-state index in [9.17, 15) is 9.59 Å². The second-order valence-electron chi connectivity index (χ2n) is 7.42. The van der Waals surface area contributed by atoms with Gasteiger partial charge in [-0.2, -0.15) is 0 Å². The highest BCUT2D eigenvalue weighted by Gasteiger charge is 2.48. The van der Waals surface area contributed by atoms with Gasteiger partial charge >= 0.3 is 6.03 Å². The molecule has 142 valence electrons. The molecule has 0 spiro atoms. The van der Waals surface area contributed by atoms with Gasteiger partial charge in [0.15, 0.2) is 5.96 Å². The van der Waals surface area contributed by atoms with E-state index in [2.05, 4.69) is 51.6 Å². The summed E-state index contributed by atoms with van der Waals surface area (Å²) in [4.78, 5) is 32.5. The molecule has 0 aromatic rings. The molecular weight excluding hydrogens is 320 g/mol. The monoisotopic (exact) mass is 352 g/mol. The molecule has 2 aliphatic heterocycles. The fraction of sp³-hybridized carbons (Fsp3) is 0.824. The molecule has 1 unspecified atom stereocenters. The summed E-state index contributed by atoms with van der Waals surface area (Å²) in [5.74, 6) is 0.830. The SMILES string of the molecule is CN=C(NCCN(C)C(C)C)N1CCC(C2(C)NC(=O)NC2=O)CC1. The average molecular weight is 352 g/mol. The van der Waals surface area contributed by atoms with E-state index >= 15 is 0 Å². The Bertz CT molecular complexity index is 527. The summed E-state index contributed by atoms with van der Waals surface area (Å²) in [7, 11) is 3.91. The number of amides is 3. The van der Waals surface area contributed by atoms with Crippen LogP contribution < -0.4 is 16.0 Å². The van der Waals surface area contributed by atoms with E-state index in [1.807, 2.05) is 6.92 Å². The van der Waals surface area contributed by atoms with Gasteiger partial charge in [-0.3, -0.25) is 15.1 Å². The molecule has 0 radical (unpaired) electrons. The van der Waals surface area contributed by atoms with Crippen molar-refractivity contribution in [2.24, 2.45) is 10.9 Å². The number of urea groups is 1. The van der Waals surface area contributed by atoms with Crippen molar-refractivity contribution in [3.63, 3.8) is 0 Å². The zero-order chi connectivity index (χ0) is 18.6. The molecule has 0 saturated carbocycles. The highest BCUT2D eigenvalue weighted by molar-refractivity contribution is 6.07. The topological polar surface area (TPSA) is 89.1 Å². The molecule has 2 fully saturated rings. The summed E-state index contributed by atoms with van der Waals surface area (Å²) >= 11 is 0. The summed E-state index contributed by atoms with van der Waals surface area (Å²) in [6.45, 7) is 9.62. The molecule has 8 nitrogen and oxygen atoms in total. The minimum absolute atomic E-state index is 0.139. The summed E-state index contributed by atoms with van der Waals surface area (Å²) in [6, 6.07) is 0.134. The maximum Gasteiger partial charge on any atom is 0.322 e. The average Bonchev–Trinajstić information content (AvgIpc) is 2.84. The number of hydrogen-bond donors (Lipinski definition) is 3. The van der Waals surface area contributed by atoms with Gasteiger partial charge in [-0.15, -0.1) is 0 Å². The molecule has 3 N–H and O–H groups in total. The fourth-order valence-corrected chi connectivity index (χ4v) is 3.45. The molecule has 3 amide bonds. The third-order valence-electron chi connectivity index (χ3n) is 5.52. The molecule has 1 atom stereocenters. The zero-order valence-corrected chi connectivity index (χ0v) is 16.1. The van der Waals surface area contributed by atoms with Gasteiger partial charge < -0.3 is 20.4 Å². The molecule has 2 rings (SSSR count). The lowest BCUT2D eigenvalue weighted by Gasteiger charge is -2.39. The zero-order valence-electron chi connectivity index (χ0n) is 16.1. The van der Waals surface area contributed by atoms with Crippen molar-refractivity contribution in [2.75, 3.05) is 40.3 Å². The lowest BCUT2D eigenvalue weighted by atomic mass is 9.79. The number of rotatable bonds is 5. The van der Waals surface area contributed by atoms with Crippen molar-refractivity contribution in [1.29, 1.82) is 0 Å². The first-order valence-electron chi connectivity index (χ1n) is 9.07. The molecule has 8 heteroatoms. The van der Waals surface area contributed by atoms with Gasteiger partial charge in [0.2, 0.25) is 0 Å². The Morgan fingerprint density at radius 3 is 2.52 bits per heavy atom. The van der Waals surface area contributed by atoms with Gasteiger partial charge in [-0.05, 0) is 46.6 Å². The van der Waals surface area contributed by atoms with Crippen LogP contribution in [0.4, 0.5) is 4.79 Å². The summed E-state index contributed by atoms with van der Waals surface area (Å²) in [6.07, 6.45) is 1.69. The summed E-state index contributed by atoms with van der Waals surface area (Å²) in [5, 5.41) is 8.57. The number of carbonyl (C=O) groups excluding carboxylic acids is 2. The van der Waals surface area contributed by atoms with E-state index in [1.165, 1.54) is 0 Å². The van der Waals surface area contributed by atoms with Crippen LogP contribution in [0, 0.1) is 5.92 Å². The minimum atomic E-state index is -0.792. The van der Waals surface area contributed by atoms with E-state index in [1.54, 1.807) is 7.05 Å². The van der Waals surface area contributed by atoms with Crippen molar-refractivity contribution in [1.82, 2.24) is 25.8 Å². The minimum Gasteiger partial charge on any atom is -0.355 e. The lowest BCUT2D eigenvalue weighted by Crippen LogP contribution is -2.55. The fourth-order valence-electron chi connectivity index (χ4n) is 3.45. The first-order valence-corrected chi connectivity index (χ1v) is 9.07. The Balaban J connectivity index is 1.84. The maximum absolute atomic E-state index is 12.1. The molecule has 2 heterocycles. The van der Waals surface area contributed by atoms with Gasteiger partial charge in [0.1, 0.15) is 5.54 Å². The van der Waals surface area contributed by atoms with Crippen LogP contribution in [0.1, 0.15) is 33.6 Å². The predicted octanol–water partition coefficient (Wildman–Crippen LogP) is 0.212. The molecule has 2 aliphatic rings. The smallest absolute Gasteiger partial charge is 0.322 e. The number of likely N-dealkylation sites (N-methyl/N-ethyl adjacent to an activating group) is 1. The van der Waals surface area contributed by atoms with Crippen LogP contribution in [0.5, 0.6) is 0 Å². The van der Waals surface area contributed by atoms with Crippen LogP contribution in [-0.2, 0) is 4.79 Å². The largest absolute Gasteiger partial charge is 0.355 e. The maximum atomic E-state index is 12.1. The third kappa shape index (κ3) is 4.42. The van der Waals surface area contributed by atoms with E-state index in [-0.39, 0.29) is 17.9 Å². The quantitative estimate of drug-likeness (QED) is 0.374. The normalized spacial score (nSPS) is 25.6. The number of imide groups is 1. The number of nitrogens with zero attached hydrogens (tertiary/aromatic N) is 3. The van der Waals surface area contributed by atoms with Gasteiger partial charge in [0, 0.05) is 39.3 Å². The standard InChI is InChI=1S/C17H32N6O2/c1-12(2)22(5)11-8-19-15(18-4)23-9-6-13(7-10-23)17(3)14(24)20-16(25)21-17/h12-13H,6-11H2,1-5H3,(H,18,19)(H2,20,21,24,25). The van der Waals surface area contributed by atoms with Crippen LogP contribution in [0.15, 0.2) is 4.99 Å². The molecule has 0 bridgehead atoms. The first kappa shape index (κ1) is 19.5. The van der Waals surface area contributed by atoms with Gasteiger partial charge in [0.05, 0.1) is 0 Å². The Kier molecular flexibility index (Phi) is 6.26. The van der Waals surface area contributed by atoms with E-state index < -0.39 is 5.54 Å². The Labute approximate surface area is 150 Å².